The quantitative estimate of drug-likeness (QED) is 0.654. The van der Waals surface area contributed by atoms with Crippen LogP contribution < -0.4 is 10.3 Å². The van der Waals surface area contributed by atoms with Gasteiger partial charge in [-0.05, 0) is 43.5 Å². The largest absolute Gasteiger partial charge is 0.378 e. The molecule has 104 valence electrons. The molecule has 0 radical (unpaired) electrons. The Balaban J connectivity index is 2.63. The van der Waals surface area contributed by atoms with Gasteiger partial charge >= 0.3 is 0 Å². The SMILES string of the molecule is CC(CC(C)C)=NNC(=O)c1ccc(N(C)C)cc1. The zero-order valence-corrected chi connectivity index (χ0v) is 12.4. The van der Waals surface area contributed by atoms with Crippen molar-refractivity contribution in [2.45, 2.75) is 27.2 Å². The molecule has 0 saturated carbocycles. The second-order valence-electron chi connectivity index (χ2n) is 5.33. The molecule has 1 N–H and O–H groups in total. The van der Waals surface area contributed by atoms with Crippen LogP contribution in [0.2, 0.25) is 0 Å². The van der Waals surface area contributed by atoms with Gasteiger partial charge in [-0.15, -0.1) is 0 Å². The van der Waals surface area contributed by atoms with E-state index in [2.05, 4.69) is 24.4 Å². The fraction of sp³-hybridized carbons (Fsp3) is 0.467. The summed E-state index contributed by atoms with van der Waals surface area (Å²) in [6.45, 7) is 6.18. The highest BCUT2D eigenvalue weighted by molar-refractivity contribution is 5.95. The first-order valence-corrected chi connectivity index (χ1v) is 6.51. The van der Waals surface area contributed by atoms with Crippen molar-refractivity contribution in [3.63, 3.8) is 0 Å². The second-order valence-corrected chi connectivity index (χ2v) is 5.33. The predicted octanol–water partition coefficient (Wildman–Crippen LogP) is 2.90. The van der Waals surface area contributed by atoms with Crippen molar-refractivity contribution in [3.05, 3.63) is 29.8 Å². The summed E-state index contributed by atoms with van der Waals surface area (Å²) in [6, 6.07) is 7.44. The van der Waals surface area contributed by atoms with E-state index < -0.39 is 0 Å². The molecular formula is C15H23N3O. The van der Waals surface area contributed by atoms with Crippen LogP contribution in [0.25, 0.3) is 0 Å². The van der Waals surface area contributed by atoms with E-state index in [4.69, 9.17) is 0 Å². The van der Waals surface area contributed by atoms with Gasteiger partial charge in [-0.3, -0.25) is 4.79 Å². The molecule has 0 atom stereocenters. The Labute approximate surface area is 115 Å². The van der Waals surface area contributed by atoms with Crippen LogP contribution in [0.15, 0.2) is 29.4 Å². The molecule has 1 aromatic rings. The number of rotatable bonds is 5. The molecule has 0 aliphatic carbocycles. The normalized spacial score (nSPS) is 11.6. The Morgan fingerprint density at radius 2 is 1.84 bits per heavy atom. The molecule has 0 bridgehead atoms. The molecule has 1 rings (SSSR count). The highest BCUT2D eigenvalue weighted by Gasteiger charge is 2.05. The first-order valence-electron chi connectivity index (χ1n) is 6.51. The summed E-state index contributed by atoms with van der Waals surface area (Å²) < 4.78 is 0. The van der Waals surface area contributed by atoms with E-state index in [1.54, 1.807) is 12.1 Å². The van der Waals surface area contributed by atoms with Crippen molar-refractivity contribution in [1.29, 1.82) is 0 Å². The van der Waals surface area contributed by atoms with E-state index in [0.29, 0.717) is 11.5 Å². The first kappa shape index (κ1) is 15.2. The fourth-order valence-corrected chi connectivity index (χ4v) is 1.76. The summed E-state index contributed by atoms with van der Waals surface area (Å²) in [4.78, 5) is 13.9. The average Bonchev–Trinajstić information content (AvgIpc) is 2.35. The summed E-state index contributed by atoms with van der Waals surface area (Å²) in [5.41, 5.74) is 5.21. The Bertz CT molecular complexity index is 447. The van der Waals surface area contributed by atoms with Gasteiger partial charge in [0.25, 0.3) is 5.91 Å². The minimum Gasteiger partial charge on any atom is -0.378 e. The molecule has 0 aromatic heterocycles. The number of carbonyl (C=O) groups excluding carboxylic acids is 1. The van der Waals surface area contributed by atoms with Crippen LogP contribution in [0.5, 0.6) is 0 Å². The number of carbonyl (C=O) groups is 1. The van der Waals surface area contributed by atoms with Gasteiger partial charge in [0, 0.05) is 31.1 Å². The van der Waals surface area contributed by atoms with Crippen LogP contribution in [0.4, 0.5) is 5.69 Å². The maximum Gasteiger partial charge on any atom is 0.271 e. The van der Waals surface area contributed by atoms with E-state index in [-0.39, 0.29) is 5.91 Å². The number of benzene rings is 1. The Morgan fingerprint density at radius 3 is 2.32 bits per heavy atom. The Hall–Kier alpha value is -1.84. The van der Waals surface area contributed by atoms with Crippen LogP contribution in [0.1, 0.15) is 37.6 Å². The highest BCUT2D eigenvalue weighted by Crippen LogP contribution is 2.12. The molecule has 19 heavy (non-hydrogen) atoms. The summed E-state index contributed by atoms with van der Waals surface area (Å²) in [5, 5.41) is 4.10. The Morgan fingerprint density at radius 1 is 1.26 bits per heavy atom. The predicted molar refractivity (Wildman–Crippen MR) is 80.8 cm³/mol. The molecule has 0 unspecified atom stereocenters. The second kappa shape index (κ2) is 6.92. The molecule has 0 heterocycles. The van der Waals surface area contributed by atoms with Crippen LogP contribution >= 0.6 is 0 Å². The lowest BCUT2D eigenvalue weighted by Gasteiger charge is -2.12. The number of nitrogens with one attached hydrogen (secondary N) is 1. The lowest BCUT2D eigenvalue weighted by molar-refractivity contribution is 0.0954. The zero-order chi connectivity index (χ0) is 14.4. The number of anilines is 1. The molecule has 1 aromatic carbocycles. The van der Waals surface area contributed by atoms with E-state index in [1.165, 1.54) is 0 Å². The van der Waals surface area contributed by atoms with Gasteiger partial charge in [-0.1, -0.05) is 13.8 Å². The van der Waals surface area contributed by atoms with Crippen LogP contribution in [0, 0.1) is 5.92 Å². The topological polar surface area (TPSA) is 44.7 Å². The van der Waals surface area contributed by atoms with Crippen molar-refractivity contribution in [3.8, 4) is 0 Å². The fourth-order valence-electron chi connectivity index (χ4n) is 1.76. The molecule has 4 nitrogen and oxygen atoms in total. The zero-order valence-electron chi connectivity index (χ0n) is 12.4. The van der Waals surface area contributed by atoms with Gasteiger partial charge in [0.05, 0.1) is 0 Å². The molecule has 0 aliphatic rings. The summed E-state index contributed by atoms with van der Waals surface area (Å²) in [7, 11) is 3.93. The number of nitrogens with zero attached hydrogens (tertiary/aromatic N) is 2. The lowest BCUT2D eigenvalue weighted by atomic mass is 10.1. The van der Waals surface area contributed by atoms with E-state index in [9.17, 15) is 4.79 Å². The van der Waals surface area contributed by atoms with Crippen molar-refractivity contribution in [2.24, 2.45) is 11.0 Å². The van der Waals surface area contributed by atoms with Gasteiger partial charge in [-0.2, -0.15) is 5.10 Å². The molecule has 0 spiro atoms. The molecule has 4 heteroatoms. The van der Waals surface area contributed by atoms with Gasteiger partial charge in [0.1, 0.15) is 0 Å². The molecule has 0 fully saturated rings. The Kier molecular flexibility index (Phi) is 5.55. The third-order valence-corrected chi connectivity index (χ3v) is 2.70. The summed E-state index contributed by atoms with van der Waals surface area (Å²) >= 11 is 0. The summed E-state index contributed by atoms with van der Waals surface area (Å²) in [6.07, 6.45) is 0.889. The van der Waals surface area contributed by atoms with Gasteiger partial charge in [-0.25, -0.2) is 5.43 Å². The van der Waals surface area contributed by atoms with Crippen LogP contribution in [-0.4, -0.2) is 25.7 Å². The number of hydrazone groups is 1. The molecule has 0 saturated heterocycles. The smallest absolute Gasteiger partial charge is 0.271 e. The number of amides is 1. The van der Waals surface area contributed by atoms with Crippen molar-refractivity contribution in [2.75, 3.05) is 19.0 Å². The lowest BCUT2D eigenvalue weighted by Crippen LogP contribution is -2.19. The van der Waals surface area contributed by atoms with E-state index >= 15 is 0 Å². The van der Waals surface area contributed by atoms with Gasteiger partial charge < -0.3 is 4.90 Å². The molecule has 0 aliphatic heterocycles. The molecular weight excluding hydrogens is 238 g/mol. The maximum absolute atomic E-state index is 11.9. The maximum atomic E-state index is 11.9. The molecule has 1 amide bonds. The number of hydrogen-bond donors (Lipinski definition) is 1. The third-order valence-electron chi connectivity index (χ3n) is 2.70. The monoisotopic (exact) mass is 261 g/mol. The summed E-state index contributed by atoms with van der Waals surface area (Å²) in [5.74, 6) is 0.369. The van der Waals surface area contributed by atoms with Gasteiger partial charge in [0.2, 0.25) is 0 Å². The first-order chi connectivity index (χ1) is 8.90. The minimum atomic E-state index is -0.173. The van der Waals surface area contributed by atoms with Crippen LogP contribution in [-0.2, 0) is 0 Å². The van der Waals surface area contributed by atoms with Crippen molar-refractivity contribution in [1.82, 2.24) is 5.43 Å². The van der Waals surface area contributed by atoms with Crippen molar-refractivity contribution < 1.29 is 4.79 Å². The third kappa shape index (κ3) is 5.12. The highest BCUT2D eigenvalue weighted by atomic mass is 16.2. The van der Waals surface area contributed by atoms with Crippen LogP contribution in [0.3, 0.4) is 0 Å². The van der Waals surface area contributed by atoms with Gasteiger partial charge in [0.15, 0.2) is 0 Å². The number of hydrogen-bond acceptors (Lipinski definition) is 3. The van der Waals surface area contributed by atoms with E-state index in [1.807, 2.05) is 38.1 Å². The standard InChI is InChI=1S/C15H23N3O/c1-11(2)10-12(3)16-17-15(19)13-6-8-14(9-7-13)18(4)5/h6-9,11H,10H2,1-5H3,(H,17,19). The minimum absolute atomic E-state index is 0.173. The van der Waals surface area contributed by atoms with Crippen molar-refractivity contribution >= 4 is 17.3 Å². The van der Waals surface area contributed by atoms with E-state index in [0.717, 1.165) is 17.8 Å². The average molecular weight is 261 g/mol.